The number of carbonyl (C=O) groups excluding carboxylic acids is 1. The first kappa shape index (κ1) is 17.2. The molecule has 0 unspecified atom stereocenters. The minimum atomic E-state index is -4.30. The van der Waals surface area contributed by atoms with Crippen molar-refractivity contribution in [1.29, 1.82) is 0 Å². The van der Waals surface area contributed by atoms with Gasteiger partial charge in [-0.1, -0.05) is 13.8 Å². The molecule has 5 nitrogen and oxygen atoms in total. The van der Waals surface area contributed by atoms with E-state index in [1.54, 1.807) is 7.05 Å². The highest BCUT2D eigenvalue weighted by atomic mass is 19.4. The lowest BCUT2D eigenvalue weighted by molar-refractivity contribution is -0.136. The monoisotopic (exact) mass is 304 g/mol. The van der Waals surface area contributed by atoms with Crippen LogP contribution in [0.5, 0.6) is 0 Å². The summed E-state index contributed by atoms with van der Waals surface area (Å²) in [5.74, 6) is -0.0718. The standard InChI is InChI=1S/C13H19F3N4O/c1-8(2)11-18-7-9(17-3)10(19-11)12(21)20(4)6-5-13(14,15)16/h7-8,17H,5-6H2,1-4H3. The van der Waals surface area contributed by atoms with Crippen molar-refractivity contribution in [2.45, 2.75) is 32.4 Å². The normalized spacial score (nSPS) is 11.6. The second-order valence-corrected chi connectivity index (χ2v) is 4.99. The van der Waals surface area contributed by atoms with Gasteiger partial charge >= 0.3 is 6.18 Å². The average Bonchev–Trinajstić information content (AvgIpc) is 2.42. The molecule has 0 aliphatic carbocycles. The maximum absolute atomic E-state index is 12.2. The number of hydrogen-bond acceptors (Lipinski definition) is 4. The van der Waals surface area contributed by atoms with Crippen molar-refractivity contribution in [2.75, 3.05) is 26.0 Å². The predicted octanol–water partition coefficient (Wildman–Crippen LogP) is 2.67. The van der Waals surface area contributed by atoms with Crippen molar-refractivity contribution < 1.29 is 18.0 Å². The quantitative estimate of drug-likeness (QED) is 0.908. The zero-order valence-electron chi connectivity index (χ0n) is 12.5. The number of nitrogens with one attached hydrogen (secondary N) is 1. The molecule has 0 fully saturated rings. The number of halogens is 3. The SMILES string of the molecule is CNc1cnc(C(C)C)nc1C(=O)N(C)CCC(F)(F)F. The van der Waals surface area contributed by atoms with Gasteiger partial charge in [-0.15, -0.1) is 0 Å². The summed E-state index contributed by atoms with van der Waals surface area (Å²) in [5.41, 5.74) is 0.476. The number of anilines is 1. The van der Waals surface area contributed by atoms with Crippen LogP contribution in [0.15, 0.2) is 6.20 Å². The van der Waals surface area contributed by atoms with Crippen LogP contribution in [0, 0.1) is 0 Å². The number of alkyl halides is 3. The summed E-state index contributed by atoms with van der Waals surface area (Å²) in [6.45, 7) is 3.33. The predicted molar refractivity (Wildman–Crippen MR) is 73.3 cm³/mol. The Labute approximate surface area is 121 Å². The van der Waals surface area contributed by atoms with Crippen LogP contribution in [0.25, 0.3) is 0 Å². The van der Waals surface area contributed by atoms with Gasteiger partial charge in [0.15, 0.2) is 5.69 Å². The average molecular weight is 304 g/mol. The van der Waals surface area contributed by atoms with Gasteiger partial charge in [-0.25, -0.2) is 9.97 Å². The molecule has 0 radical (unpaired) electrons. The van der Waals surface area contributed by atoms with Crippen LogP contribution in [0.4, 0.5) is 18.9 Å². The summed E-state index contributed by atoms with van der Waals surface area (Å²) in [7, 11) is 2.92. The fourth-order valence-electron chi connectivity index (χ4n) is 1.60. The smallest absolute Gasteiger partial charge is 0.385 e. The second kappa shape index (κ2) is 6.73. The highest BCUT2D eigenvalue weighted by Crippen LogP contribution is 2.21. The topological polar surface area (TPSA) is 58.1 Å². The Morgan fingerprint density at radius 2 is 2.05 bits per heavy atom. The lowest BCUT2D eigenvalue weighted by Gasteiger charge is -2.19. The van der Waals surface area contributed by atoms with Crippen molar-refractivity contribution in [3.05, 3.63) is 17.7 Å². The minimum Gasteiger partial charge on any atom is -0.385 e. The Kier molecular flexibility index (Phi) is 5.51. The van der Waals surface area contributed by atoms with E-state index < -0.39 is 25.0 Å². The molecular weight excluding hydrogens is 285 g/mol. The van der Waals surface area contributed by atoms with Crippen LogP contribution in [0.3, 0.4) is 0 Å². The van der Waals surface area contributed by atoms with E-state index in [4.69, 9.17) is 0 Å². The Hall–Kier alpha value is -1.86. The van der Waals surface area contributed by atoms with Gasteiger partial charge in [0.2, 0.25) is 0 Å². The molecule has 1 N–H and O–H groups in total. The molecule has 0 aliphatic rings. The van der Waals surface area contributed by atoms with Crippen molar-refractivity contribution in [3.63, 3.8) is 0 Å². The molecule has 21 heavy (non-hydrogen) atoms. The molecular formula is C13H19F3N4O. The molecule has 118 valence electrons. The van der Waals surface area contributed by atoms with Gasteiger partial charge in [-0.2, -0.15) is 13.2 Å². The number of hydrogen-bond donors (Lipinski definition) is 1. The fourth-order valence-corrected chi connectivity index (χ4v) is 1.60. The molecule has 1 aromatic rings. The summed E-state index contributed by atoms with van der Waals surface area (Å²) in [5, 5.41) is 2.78. The molecule has 8 heteroatoms. The number of nitrogens with zero attached hydrogens (tertiary/aromatic N) is 3. The van der Waals surface area contributed by atoms with E-state index >= 15 is 0 Å². The summed E-state index contributed by atoms with van der Waals surface area (Å²) in [6.07, 6.45) is -3.88. The molecule has 1 aromatic heterocycles. The molecule has 0 aliphatic heterocycles. The second-order valence-electron chi connectivity index (χ2n) is 4.99. The van der Waals surface area contributed by atoms with Gasteiger partial charge in [-0.05, 0) is 0 Å². The van der Waals surface area contributed by atoms with Crippen LogP contribution in [-0.2, 0) is 0 Å². The summed E-state index contributed by atoms with van der Waals surface area (Å²) < 4.78 is 36.7. The Morgan fingerprint density at radius 1 is 1.43 bits per heavy atom. The van der Waals surface area contributed by atoms with Crippen LogP contribution < -0.4 is 5.32 Å². The molecule has 0 saturated heterocycles. The zero-order chi connectivity index (χ0) is 16.2. The number of rotatable bonds is 5. The van der Waals surface area contributed by atoms with Crippen molar-refractivity contribution in [2.24, 2.45) is 0 Å². The van der Waals surface area contributed by atoms with Gasteiger partial charge in [0.1, 0.15) is 5.82 Å². The van der Waals surface area contributed by atoms with Gasteiger partial charge < -0.3 is 10.2 Å². The molecule has 1 heterocycles. The lowest BCUT2D eigenvalue weighted by Crippen LogP contribution is -2.32. The molecule has 1 amide bonds. The van der Waals surface area contributed by atoms with E-state index in [-0.39, 0.29) is 11.6 Å². The highest BCUT2D eigenvalue weighted by Gasteiger charge is 2.29. The maximum Gasteiger partial charge on any atom is 0.390 e. The summed E-state index contributed by atoms with van der Waals surface area (Å²) >= 11 is 0. The molecule has 0 atom stereocenters. The van der Waals surface area contributed by atoms with Crippen LogP contribution in [0.2, 0.25) is 0 Å². The van der Waals surface area contributed by atoms with Crippen LogP contribution in [-0.4, -0.2) is 47.6 Å². The van der Waals surface area contributed by atoms with Gasteiger partial charge in [-0.3, -0.25) is 4.79 Å². The van der Waals surface area contributed by atoms with Gasteiger partial charge in [0, 0.05) is 26.6 Å². The maximum atomic E-state index is 12.2. The fraction of sp³-hybridized carbons (Fsp3) is 0.615. The van der Waals surface area contributed by atoms with Crippen LogP contribution in [0.1, 0.15) is 42.5 Å². The Morgan fingerprint density at radius 3 is 2.52 bits per heavy atom. The molecule has 0 saturated carbocycles. The Bertz CT molecular complexity index is 503. The summed E-state index contributed by atoms with van der Waals surface area (Å²) in [6, 6.07) is 0. The van der Waals surface area contributed by atoms with Gasteiger partial charge in [0.05, 0.1) is 18.3 Å². The largest absolute Gasteiger partial charge is 0.390 e. The minimum absolute atomic E-state index is 0.0166. The lowest BCUT2D eigenvalue weighted by atomic mass is 10.2. The first-order valence-corrected chi connectivity index (χ1v) is 6.52. The number of aromatic nitrogens is 2. The Balaban J connectivity index is 2.96. The van der Waals surface area contributed by atoms with Crippen molar-refractivity contribution >= 4 is 11.6 Å². The zero-order valence-corrected chi connectivity index (χ0v) is 12.5. The first-order valence-electron chi connectivity index (χ1n) is 6.52. The van der Waals surface area contributed by atoms with Gasteiger partial charge in [0.25, 0.3) is 5.91 Å². The number of amides is 1. The van der Waals surface area contributed by atoms with E-state index in [1.807, 2.05) is 13.8 Å². The van der Waals surface area contributed by atoms with Crippen LogP contribution >= 0.6 is 0 Å². The molecule has 0 spiro atoms. The first-order chi connectivity index (χ1) is 9.65. The van der Waals surface area contributed by atoms with E-state index in [0.29, 0.717) is 11.5 Å². The number of carbonyl (C=O) groups is 1. The third-order valence-corrected chi connectivity index (χ3v) is 2.87. The molecule has 0 bridgehead atoms. The van der Waals surface area contributed by atoms with Crippen molar-refractivity contribution in [3.8, 4) is 0 Å². The van der Waals surface area contributed by atoms with E-state index in [2.05, 4.69) is 15.3 Å². The highest BCUT2D eigenvalue weighted by molar-refractivity contribution is 5.97. The van der Waals surface area contributed by atoms with E-state index in [9.17, 15) is 18.0 Å². The third-order valence-electron chi connectivity index (χ3n) is 2.87. The van der Waals surface area contributed by atoms with E-state index in [1.165, 1.54) is 13.2 Å². The third kappa shape index (κ3) is 4.87. The molecule has 0 aromatic carbocycles. The summed E-state index contributed by atoms with van der Waals surface area (Å²) in [4.78, 5) is 21.5. The van der Waals surface area contributed by atoms with E-state index in [0.717, 1.165) is 4.90 Å². The van der Waals surface area contributed by atoms with Crippen molar-refractivity contribution in [1.82, 2.24) is 14.9 Å². The molecule has 1 rings (SSSR count).